The molecule has 0 aliphatic carbocycles. The number of nitrogens with zero attached hydrogens (tertiary/aromatic N) is 1. The number of rotatable bonds is 3. The number of aryl methyl sites for hydroxylation is 1. The van der Waals surface area contributed by atoms with Crippen LogP contribution in [0.1, 0.15) is 18.4 Å². The van der Waals surface area contributed by atoms with Gasteiger partial charge in [0, 0.05) is 12.0 Å². The van der Waals surface area contributed by atoms with E-state index in [0.717, 1.165) is 35.2 Å². The van der Waals surface area contributed by atoms with Gasteiger partial charge in [-0.2, -0.15) is 0 Å². The van der Waals surface area contributed by atoms with Crippen molar-refractivity contribution in [2.24, 2.45) is 0 Å². The third kappa shape index (κ3) is 3.11. The Morgan fingerprint density at radius 2 is 1.87 bits per heavy atom. The molecule has 1 aliphatic heterocycles. The summed E-state index contributed by atoms with van der Waals surface area (Å²) in [7, 11) is 1.34. The van der Waals surface area contributed by atoms with Crippen LogP contribution in [0.3, 0.4) is 0 Å². The Morgan fingerprint density at radius 1 is 1.09 bits per heavy atom. The molecular weight excluding hydrogens is 290 g/mol. The second-order valence-electron chi connectivity index (χ2n) is 5.59. The van der Waals surface area contributed by atoms with Crippen LogP contribution in [-0.4, -0.2) is 25.5 Å². The first kappa shape index (κ1) is 15.3. The number of hydrogen-bond donors (Lipinski definition) is 0. The summed E-state index contributed by atoms with van der Waals surface area (Å²) in [5.74, 6) is -0.438. The van der Waals surface area contributed by atoms with Crippen molar-refractivity contribution in [2.75, 3.05) is 18.6 Å². The molecule has 4 nitrogen and oxygen atoms in total. The van der Waals surface area contributed by atoms with Crippen molar-refractivity contribution in [2.45, 2.75) is 19.3 Å². The summed E-state index contributed by atoms with van der Waals surface area (Å²) in [6.45, 7) is -0.0494. The molecule has 0 radical (unpaired) electrons. The van der Waals surface area contributed by atoms with Crippen LogP contribution in [0.4, 0.5) is 5.69 Å². The number of anilines is 1. The third-order valence-corrected chi connectivity index (χ3v) is 4.13. The number of esters is 1. The van der Waals surface area contributed by atoms with Gasteiger partial charge >= 0.3 is 5.97 Å². The van der Waals surface area contributed by atoms with E-state index >= 15 is 0 Å². The van der Waals surface area contributed by atoms with Gasteiger partial charge in [-0.05, 0) is 24.0 Å². The van der Waals surface area contributed by atoms with Gasteiger partial charge in [-0.25, -0.2) is 0 Å². The number of fused-ring (bicyclic) bond motifs is 1. The van der Waals surface area contributed by atoms with E-state index < -0.39 is 5.97 Å². The fourth-order valence-electron chi connectivity index (χ4n) is 3.01. The Labute approximate surface area is 135 Å². The van der Waals surface area contributed by atoms with Gasteiger partial charge in [0.2, 0.25) is 5.91 Å². The Kier molecular flexibility index (Phi) is 4.42. The number of methoxy groups -OCH3 is 1. The molecule has 3 rings (SSSR count). The Bertz CT molecular complexity index is 725. The normalized spacial score (nSPS) is 14.1. The predicted molar refractivity (Wildman–Crippen MR) is 89.2 cm³/mol. The molecule has 118 valence electrons. The number of carbonyl (C=O) groups is 2. The molecule has 0 atom stereocenters. The van der Waals surface area contributed by atoms with Crippen molar-refractivity contribution in [3.05, 3.63) is 54.1 Å². The second kappa shape index (κ2) is 6.65. The minimum absolute atomic E-state index is 0.0301. The van der Waals surface area contributed by atoms with Crippen molar-refractivity contribution < 1.29 is 14.3 Å². The number of benzene rings is 2. The van der Waals surface area contributed by atoms with E-state index in [4.69, 9.17) is 4.74 Å². The molecule has 1 heterocycles. The quantitative estimate of drug-likeness (QED) is 0.818. The smallest absolute Gasteiger partial charge is 0.325 e. The van der Waals surface area contributed by atoms with E-state index in [9.17, 15) is 9.59 Å². The number of carbonyl (C=O) groups excluding carboxylic acids is 2. The summed E-state index contributed by atoms with van der Waals surface area (Å²) in [4.78, 5) is 25.9. The SMILES string of the molecule is COC(=O)CN1C(=O)CCCc2cccc(-c3ccccc3)c21. The van der Waals surface area contributed by atoms with Crippen LogP contribution in [0.25, 0.3) is 11.1 Å². The lowest BCUT2D eigenvalue weighted by Gasteiger charge is -2.25. The first-order valence-corrected chi connectivity index (χ1v) is 7.75. The Balaban J connectivity index is 2.14. The Hall–Kier alpha value is -2.62. The second-order valence-corrected chi connectivity index (χ2v) is 5.59. The van der Waals surface area contributed by atoms with Gasteiger partial charge in [0.25, 0.3) is 0 Å². The van der Waals surface area contributed by atoms with Gasteiger partial charge in [0.15, 0.2) is 0 Å². The highest BCUT2D eigenvalue weighted by molar-refractivity contribution is 6.02. The van der Waals surface area contributed by atoms with Gasteiger partial charge in [0.05, 0.1) is 12.8 Å². The van der Waals surface area contributed by atoms with Gasteiger partial charge < -0.3 is 9.64 Å². The molecule has 2 aromatic carbocycles. The lowest BCUT2D eigenvalue weighted by atomic mass is 9.97. The molecule has 1 aliphatic rings. The average Bonchev–Trinajstić information content (AvgIpc) is 2.75. The van der Waals surface area contributed by atoms with Gasteiger partial charge in [-0.3, -0.25) is 9.59 Å². The van der Waals surface area contributed by atoms with Crippen molar-refractivity contribution in [3.63, 3.8) is 0 Å². The van der Waals surface area contributed by atoms with Crippen LogP contribution in [0.5, 0.6) is 0 Å². The lowest BCUT2D eigenvalue weighted by molar-refractivity contribution is -0.140. The third-order valence-electron chi connectivity index (χ3n) is 4.13. The fourth-order valence-corrected chi connectivity index (χ4v) is 3.01. The van der Waals surface area contributed by atoms with E-state index in [1.165, 1.54) is 7.11 Å². The van der Waals surface area contributed by atoms with Crippen molar-refractivity contribution >= 4 is 17.6 Å². The lowest BCUT2D eigenvalue weighted by Crippen LogP contribution is -2.36. The molecule has 4 heteroatoms. The molecule has 0 bridgehead atoms. The predicted octanol–water partition coefficient (Wildman–Crippen LogP) is 3.20. The number of ether oxygens (including phenoxy) is 1. The van der Waals surface area contributed by atoms with E-state index in [0.29, 0.717) is 6.42 Å². The molecule has 2 aromatic rings. The van der Waals surface area contributed by atoms with Crippen molar-refractivity contribution in [1.29, 1.82) is 0 Å². The van der Waals surface area contributed by atoms with Crippen molar-refractivity contribution in [1.82, 2.24) is 0 Å². The molecule has 0 saturated heterocycles. The zero-order chi connectivity index (χ0) is 16.2. The van der Waals surface area contributed by atoms with Crippen LogP contribution in [0.2, 0.25) is 0 Å². The molecule has 0 aromatic heterocycles. The van der Waals surface area contributed by atoms with Crippen LogP contribution >= 0.6 is 0 Å². The number of para-hydroxylation sites is 1. The molecule has 0 spiro atoms. The molecule has 0 unspecified atom stereocenters. The summed E-state index contributed by atoms with van der Waals surface area (Å²) >= 11 is 0. The molecule has 0 fully saturated rings. The molecule has 0 N–H and O–H groups in total. The maximum Gasteiger partial charge on any atom is 0.325 e. The maximum atomic E-state index is 12.5. The standard InChI is InChI=1S/C19H19NO3/c1-23-18(22)13-20-17(21)12-6-10-15-9-5-11-16(19(15)20)14-7-3-2-4-8-14/h2-5,7-9,11H,6,10,12-13H2,1H3. The zero-order valence-corrected chi connectivity index (χ0v) is 13.1. The van der Waals surface area contributed by atoms with Crippen LogP contribution in [0.15, 0.2) is 48.5 Å². The zero-order valence-electron chi connectivity index (χ0n) is 13.1. The topological polar surface area (TPSA) is 46.6 Å². The average molecular weight is 309 g/mol. The monoisotopic (exact) mass is 309 g/mol. The van der Waals surface area contributed by atoms with E-state index in [1.807, 2.05) is 48.5 Å². The molecule has 1 amide bonds. The van der Waals surface area contributed by atoms with Gasteiger partial charge in [-0.1, -0.05) is 48.5 Å². The first-order valence-electron chi connectivity index (χ1n) is 7.75. The summed E-state index contributed by atoms with van der Waals surface area (Å²) in [5, 5.41) is 0. The summed E-state index contributed by atoms with van der Waals surface area (Å²) in [5.41, 5.74) is 3.95. The number of hydrogen-bond acceptors (Lipinski definition) is 3. The fraction of sp³-hybridized carbons (Fsp3) is 0.263. The van der Waals surface area contributed by atoms with E-state index in [1.54, 1.807) is 4.90 Å². The van der Waals surface area contributed by atoms with E-state index in [2.05, 4.69) is 0 Å². The number of amides is 1. The highest BCUT2D eigenvalue weighted by Gasteiger charge is 2.27. The van der Waals surface area contributed by atoms with E-state index in [-0.39, 0.29) is 12.5 Å². The van der Waals surface area contributed by atoms with Crippen LogP contribution in [0, 0.1) is 0 Å². The first-order chi connectivity index (χ1) is 11.2. The van der Waals surface area contributed by atoms with Gasteiger partial charge in [0.1, 0.15) is 6.54 Å². The summed E-state index contributed by atoms with van der Waals surface area (Å²) < 4.78 is 4.77. The molecule has 0 saturated carbocycles. The highest BCUT2D eigenvalue weighted by Crippen LogP contribution is 2.37. The highest BCUT2D eigenvalue weighted by atomic mass is 16.5. The minimum Gasteiger partial charge on any atom is -0.468 e. The largest absolute Gasteiger partial charge is 0.468 e. The summed E-state index contributed by atoms with van der Waals surface area (Å²) in [6, 6.07) is 16.0. The molecule has 23 heavy (non-hydrogen) atoms. The van der Waals surface area contributed by atoms with Crippen molar-refractivity contribution in [3.8, 4) is 11.1 Å². The Morgan fingerprint density at radius 3 is 2.61 bits per heavy atom. The van der Waals surface area contributed by atoms with Crippen LogP contribution in [-0.2, 0) is 20.7 Å². The maximum absolute atomic E-state index is 12.5. The van der Waals surface area contributed by atoms with Gasteiger partial charge in [-0.15, -0.1) is 0 Å². The van der Waals surface area contributed by atoms with Crippen LogP contribution < -0.4 is 4.90 Å². The summed E-state index contributed by atoms with van der Waals surface area (Å²) in [6.07, 6.45) is 2.07. The molecular formula is C19H19NO3. The minimum atomic E-state index is -0.408.